The fourth-order valence-electron chi connectivity index (χ4n) is 7.59. The van der Waals surface area contributed by atoms with E-state index in [0.29, 0.717) is 5.41 Å². The first-order valence-electron chi connectivity index (χ1n) is 11.3. The van der Waals surface area contributed by atoms with Gasteiger partial charge >= 0.3 is 0 Å². The molecule has 3 saturated carbocycles. The summed E-state index contributed by atoms with van der Waals surface area (Å²) in [6.07, 6.45) is 17.7. The van der Waals surface area contributed by atoms with E-state index >= 15 is 0 Å². The Morgan fingerprint density at radius 3 is 2.58 bits per heavy atom. The Morgan fingerprint density at radius 2 is 1.83 bits per heavy atom. The highest BCUT2D eigenvalue weighted by molar-refractivity contribution is 5.09. The van der Waals surface area contributed by atoms with Crippen LogP contribution in [0.4, 0.5) is 0 Å². The molecule has 4 aliphatic carbocycles. The van der Waals surface area contributed by atoms with Gasteiger partial charge in [0, 0.05) is 0 Å². The van der Waals surface area contributed by atoms with Crippen molar-refractivity contribution < 1.29 is 0 Å². The average molecular weight is 331 g/mol. The third-order valence-corrected chi connectivity index (χ3v) is 8.71. The predicted molar refractivity (Wildman–Crippen MR) is 106 cm³/mol. The Balaban J connectivity index is 0.000000815. The molecule has 24 heavy (non-hydrogen) atoms. The molecule has 0 spiro atoms. The van der Waals surface area contributed by atoms with Crippen LogP contribution in [0.5, 0.6) is 0 Å². The topological polar surface area (TPSA) is 0 Å². The standard InChI is InChI=1S/C22H36.C2H6/c1-4-18-8-10-21-20-9-6-16-13-15(2)5-7-17(14-16)19(20)11-12-22(18,21)3;1-2/h5,16-21H,4,6-14H2,1-3H3;1-2H3/t16?,17-,18+,19?,20?,21?,22-;/m1./s1. The molecule has 0 aromatic heterocycles. The Morgan fingerprint density at radius 1 is 1.04 bits per heavy atom. The van der Waals surface area contributed by atoms with E-state index < -0.39 is 0 Å². The smallest absolute Gasteiger partial charge is 0.0266 e. The van der Waals surface area contributed by atoms with Gasteiger partial charge in [-0.15, -0.1) is 0 Å². The van der Waals surface area contributed by atoms with E-state index in [0.717, 1.165) is 35.5 Å². The molecule has 2 bridgehead atoms. The second-order valence-electron chi connectivity index (χ2n) is 9.59. The molecule has 0 aromatic rings. The van der Waals surface area contributed by atoms with E-state index in [9.17, 15) is 0 Å². The van der Waals surface area contributed by atoms with E-state index in [2.05, 4.69) is 26.8 Å². The van der Waals surface area contributed by atoms with Gasteiger partial charge in [0.1, 0.15) is 0 Å². The minimum atomic E-state index is 0.705. The molecule has 0 heteroatoms. The average Bonchev–Trinajstić information content (AvgIpc) is 2.72. The van der Waals surface area contributed by atoms with Crippen molar-refractivity contribution in [2.24, 2.45) is 40.9 Å². The Hall–Kier alpha value is -0.260. The van der Waals surface area contributed by atoms with Crippen LogP contribution in [0.15, 0.2) is 11.6 Å². The molecule has 0 saturated heterocycles. The molecule has 0 nitrogen and oxygen atoms in total. The van der Waals surface area contributed by atoms with Crippen molar-refractivity contribution in [3.8, 4) is 0 Å². The van der Waals surface area contributed by atoms with Crippen molar-refractivity contribution in [2.45, 2.75) is 98.8 Å². The molecule has 0 amide bonds. The lowest BCUT2D eigenvalue weighted by molar-refractivity contribution is -0.00921. The largest absolute Gasteiger partial charge is 0.0853 e. The molecule has 138 valence electrons. The van der Waals surface area contributed by atoms with Crippen LogP contribution in [0.1, 0.15) is 98.8 Å². The van der Waals surface area contributed by atoms with E-state index in [-0.39, 0.29) is 0 Å². The van der Waals surface area contributed by atoms with E-state index in [4.69, 9.17) is 0 Å². The molecular formula is C24H42. The molecule has 7 atom stereocenters. The van der Waals surface area contributed by atoms with Gasteiger partial charge in [-0.2, -0.15) is 0 Å². The number of rotatable bonds is 1. The van der Waals surface area contributed by atoms with Gasteiger partial charge in [-0.3, -0.25) is 0 Å². The monoisotopic (exact) mass is 330 g/mol. The first kappa shape index (κ1) is 18.5. The summed E-state index contributed by atoms with van der Waals surface area (Å²) >= 11 is 0. The summed E-state index contributed by atoms with van der Waals surface area (Å²) in [4.78, 5) is 0. The van der Waals surface area contributed by atoms with Gasteiger partial charge in [-0.1, -0.05) is 45.8 Å². The third kappa shape index (κ3) is 3.12. The van der Waals surface area contributed by atoms with E-state index in [1.165, 1.54) is 32.1 Å². The van der Waals surface area contributed by atoms with Crippen molar-refractivity contribution >= 4 is 0 Å². The van der Waals surface area contributed by atoms with Gasteiger partial charge in [0.2, 0.25) is 0 Å². The summed E-state index contributed by atoms with van der Waals surface area (Å²) in [6, 6.07) is 0. The van der Waals surface area contributed by atoms with Crippen LogP contribution in [0.25, 0.3) is 0 Å². The van der Waals surface area contributed by atoms with Crippen LogP contribution in [-0.2, 0) is 0 Å². The molecule has 0 aromatic carbocycles. The normalized spacial score (nSPS) is 47.3. The van der Waals surface area contributed by atoms with Gasteiger partial charge in [0.25, 0.3) is 0 Å². The molecular weight excluding hydrogens is 288 g/mol. The molecule has 3 fully saturated rings. The summed E-state index contributed by atoms with van der Waals surface area (Å²) in [5.41, 5.74) is 2.40. The highest BCUT2D eigenvalue weighted by atomic mass is 14.6. The Labute approximate surface area is 151 Å². The summed E-state index contributed by atoms with van der Waals surface area (Å²) in [5.74, 6) is 6.30. The van der Waals surface area contributed by atoms with Gasteiger partial charge in [-0.25, -0.2) is 0 Å². The van der Waals surface area contributed by atoms with Gasteiger partial charge in [0.15, 0.2) is 0 Å². The van der Waals surface area contributed by atoms with Crippen molar-refractivity contribution in [2.75, 3.05) is 0 Å². The van der Waals surface area contributed by atoms with Crippen LogP contribution >= 0.6 is 0 Å². The van der Waals surface area contributed by atoms with Crippen molar-refractivity contribution in [1.82, 2.24) is 0 Å². The van der Waals surface area contributed by atoms with Crippen LogP contribution in [0, 0.1) is 40.9 Å². The quantitative estimate of drug-likeness (QED) is 0.433. The summed E-state index contributed by atoms with van der Waals surface area (Å²) in [5, 5.41) is 0. The molecule has 4 aliphatic rings. The van der Waals surface area contributed by atoms with Crippen molar-refractivity contribution in [3.05, 3.63) is 11.6 Å². The third-order valence-electron chi connectivity index (χ3n) is 8.71. The second-order valence-corrected chi connectivity index (χ2v) is 9.59. The summed E-state index contributed by atoms with van der Waals surface area (Å²) in [7, 11) is 0. The lowest BCUT2D eigenvalue weighted by Crippen LogP contribution is -2.42. The van der Waals surface area contributed by atoms with Gasteiger partial charge < -0.3 is 0 Å². The number of allylic oxidation sites excluding steroid dienone is 2. The first-order chi connectivity index (χ1) is 11.6. The molecule has 0 radical (unpaired) electrons. The zero-order valence-electron chi connectivity index (χ0n) is 17.1. The van der Waals surface area contributed by atoms with Crippen LogP contribution in [-0.4, -0.2) is 0 Å². The number of hydrogen-bond donors (Lipinski definition) is 0. The van der Waals surface area contributed by atoms with Gasteiger partial charge in [0.05, 0.1) is 0 Å². The zero-order valence-corrected chi connectivity index (χ0v) is 17.1. The van der Waals surface area contributed by atoms with Crippen molar-refractivity contribution in [3.63, 3.8) is 0 Å². The maximum atomic E-state index is 2.68. The summed E-state index contributed by atoms with van der Waals surface area (Å²) < 4.78 is 0. The van der Waals surface area contributed by atoms with Gasteiger partial charge in [-0.05, 0) is 106 Å². The van der Waals surface area contributed by atoms with E-state index in [1.807, 2.05) is 13.8 Å². The summed E-state index contributed by atoms with van der Waals surface area (Å²) in [6.45, 7) is 11.5. The Kier molecular flexibility index (Phi) is 5.83. The first-order valence-corrected chi connectivity index (χ1v) is 11.3. The maximum Gasteiger partial charge on any atom is -0.0266 e. The molecule has 0 heterocycles. The van der Waals surface area contributed by atoms with E-state index in [1.54, 1.807) is 37.7 Å². The second kappa shape index (κ2) is 7.55. The predicted octanol–water partition coefficient (Wildman–Crippen LogP) is 7.64. The van der Waals surface area contributed by atoms with Crippen LogP contribution in [0.2, 0.25) is 0 Å². The Bertz CT molecular complexity index is 447. The maximum absolute atomic E-state index is 2.68. The fourth-order valence-corrected chi connectivity index (χ4v) is 7.59. The lowest BCUT2D eigenvalue weighted by Gasteiger charge is -2.50. The minimum Gasteiger partial charge on any atom is -0.0853 e. The minimum absolute atomic E-state index is 0.705. The SMILES string of the molecule is CC.CC[C@H]1CCC2C3CCC4CC(C)=CC[C@H](C4)C3CC[C@@]21C. The van der Waals surface area contributed by atoms with Crippen LogP contribution in [0.3, 0.4) is 0 Å². The highest BCUT2D eigenvalue weighted by Crippen LogP contribution is 2.63. The van der Waals surface area contributed by atoms with Crippen LogP contribution < -0.4 is 0 Å². The molecule has 4 unspecified atom stereocenters. The van der Waals surface area contributed by atoms with Crippen molar-refractivity contribution in [1.29, 1.82) is 0 Å². The molecule has 0 N–H and O–H groups in total. The highest BCUT2D eigenvalue weighted by Gasteiger charge is 2.54. The number of fused-ring (bicyclic) bond motifs is 6. The zero-order chi connectivity index (χ0) is 17.3. The fraction of sp³-hybridized carbons (Fsp3) is 0.917. The molecule has 4 rings (SSSR count). The number of hydrogen-bond acceptors (Lipinski definition) is 0. The molecule has 0 aliphatic heterocycles. The lowest BCUT2D eigenvalue weighted by atomic mass is 9.55.